The number of carbonyl (C=O) groups excluding carboxylic acids is 1. The van der Waals surface area contributed by atoms with Gasteiger partial charge in [-0.25, -0.2) is 0 Å². The smallest absolute Gasteiger partial charge is 0.422 e. The zero-order valence-corrected chi connectivity index (χ0v) is 12.4. The van der Waals surface area contributed by atoms with Crippen LogP contribution in [0.2, 0.25) is 0 Å². The van der Waals surface area contributed by atoms with Gasteiger partial charge in [0.05, 0.1) is 6.07 Å². The molecule has 2 rings (SSSR count). The van der Waals surface area contributed by atoms with Crippen molar-refractivity contribution in [3.05, 3.63) is 29.8 Å². The van der Waals surface area contributed by atoms with Crippen LogP contribution >= 0.6 is 0 Å². The number of nitrogens with zero attached hydrogens (tertiary/aromatic N) is 1. The zero-order chi connectivity index (χ0) is 16.9. The van der Waals surface area contributed by atoms with Gasteiger partial charge in [-0.15, -0.1) is 0 Å². The molecule has 1 N–H and O–H groups in total. The van der Waals surface area contributed by atoms with Gasteiger partial charge in [0, 0.05) is 6.54 Å². The second-order valence-electron chi connectivity index (χ2n) is 5.63. The Labute approximate surface area is 132 Å². The molecule has 0 radical (unpaired) electrons. The lowest BCUT2D eigenvalue weighted by molar-refractivity contribution is -0.153. The van der Waals surface area contributed by atoms with Gasteiger partial charge in [-0.3, -0.25) is 4.79 Å². The fraction of sp³-hybridized carbons (Fsp3) is 0.500. The molecule has 1 fully saturated rings. The van der Waals surface area contributed by atoms with Crippen LogP contribution in [0.5, 0.6) is 5.75 Å². The van der Waals surface area contributed by atoms with E-state index >= 15 is 0 Å². The molecule has 1 aliphatic rings. The van der Waals surface area contributed by atoms with Gasteiger partial charge < -0.3 is 10.1 Å². The van der Waals surface area contributed by atoms with Crippen LogP contribution in [0.4, 0.5) is 13.2 Å². The zero-order valence-electron chi connectivity index (χ0n) is 12.4. The summed E-state index contributed by atoms with van der Waals surface area (Å²) in [6.45, 7) is -1.12. The van der Waals surface area contributed by atoms with Crippen LogP contribution in [0.25, 0.3) is 0 Å². The van der Waals surface area contributed by atoms with Crippen LogP contribution in [0.1, 0.15) is 31.2 Å². The summed E-state index contributed by atoms with van der Waals surface area (Å²) in [7, 11) is 0. The fourth-order valence-electron chi connectivity index (χ4n) is 2.59. The van der Waals surface area contributed by atoms with E-state index in [2.05, 4.69) is 16.1 Å². The van der Waals surface area contributed by atoms with E-state index in [9.17, 15) is 23.2 Å². The fourth-order valence-corrected chi connectivity index (χ4v) is 2.59. The molecule has 0 aromatic heterocycles. The van der Waals surface area contributed by atoms with Crippen LogP contribution in [0.3, 0.4) is 0 Å². The maximum absolute atomic E-state index is 12.2. The van der Waals surface area contributed by atoms with Gasteiger partial charge in [0.1, 0.15) is 11.2 Å². The first kappa shape index (κ1) is 17.1. The molecule has 0 unspecified atom stereocenters. The highest BCUT2D eigenvalue weighted by Crippen LogP contribution is 2.37. The lowest BCUT2D eigenvalue weighted by Gasteiger charge is -2.19. The molecule has 4 nitrogen and oxygen atoms in total. The van der Waals surface area contributed by atoms with E-state index in [-0.39, 0.29) is 18.2 Å². The molecule has 0 bridgehead atoms. The van der Waals surface area contributed by atoms with E-state index in [1.807, 2.05) is 0 Å². The number of benzene rings is 1. The minimum absolute atomic E-state index is 0.113. The summed E-state index contributed by atoms with van der Waals surface area (Å²) < 4.78 is 40.8. The normalized spacial score (nSPS) is 16.6. The number of ether oxygens (including phenoxy) is 1. The average molecular weight is 326 g/mol. The van der Waals surface area contributed by atoms with Crippen molar-refractivity contribution in [1.82, 2.24) is 5.32 Å². The van der Waals surface area contributed by atoms with E-state index in [0.717, 1.165) is 18.4 Å². The summed E-state index contributed by atoms with van der Waals surface area (Å²) >= 11 is 0. The lowest BCUT2D eigenvalue weighted by atomic mass is 9.87. The molecule has 0 spiro atoms. The SMILES string of the molecule is N#CC1(C(=O)NCc2ccc(OCC(F)(F)F)cc2)CCCC1. The van der Waals surface area contributed by atoms with Crippen molar-refractivity contribution < 1.29 is 22.7 Å². The van der Waals surface area contributed by atoms with Crippen molar-refractivity contribution in [2.45, 2.75) is 38.4 Å². The molecule has 1 amide bonds. The number of nitrogens with one attached hydrogen (secondary N) is 1. The molecule has 0 heterocycles. The quantitative estimate of drug-likeness (QED) is 0.903. The number of rotatable bonds is 5. The summed E-state index contributed by atoms with van der Waals surface area (Å²) in [4.78, 5) is 12.2. The van der Waals surface area contributed by atoms with Crippen LogP contribution in [-0.2, 0) is 11.3 Å². The maximum Gasteiger partial charge on any atom is 0.422 e. The first-order chi connectivity index (χ1) is 10.8. The van der Waals surface area contributed by atoms with Gasteiger partial charge in [0.25, 0.3) is 0 Å². The number of hydrogen-bond acceptors (Lipinski definition) is 3. The van der Waals surface area contributed by atoms with E-state index < -0.39 is 18.2 Å². The first-order valence-corrected chi connectivity index (χ1v) is 7.33. The third kappa shape index (κ3) is 4.62. The summed E-state index contributed by atoms with van der Waals surface area (Å²) in [6, 6.07) is 8.12. The lowest BCUT2D eigenvalue weighted by Crippen LogP contribution is -2.37. The topological polar surface area (TPSA) is 62.1 Å². The van der Waals surface area contributed by atoms with Crippen LogP contribution < -0.4 is 10.1 Å². The highest BCUT2D eigenvalue weighted by Gasteiger charge is 2.41. The molecule has 1 aromatic rings. The first-order valence-electron chi connectivity index (χ1n) is 7.33. The number of hydrogen-bond donors (Lipinski definition) is 1. The standard InChI is InChI=1S/C16H17F3N2O2/c17-16(18,19)11-23-13-5-3-12(4-6-13)9-21-14(22)15(10-20)7-1-2-8-15/h3-6H,1-2,7-9,11H2,(H,21,22). The molecular formula is C16H17F3N2O2. The summed E-state index contributed by atoms with van der Waals surface area (Å²) in [5.74, 6) is -0.170. The molecule has 7 heteroatoms. The minimum atomic E-state index is -4.38. The van der Waals surface area contributed by atoms with Crippen LogP contribution in [0.15, 0.2) is 24.3 Å². The van der Waals surface area contributed by atoms with Gasteiger partial charge in [0.2, 0.25) is 5.91 Å². The molecular weight excluding hydrogens is 309 g/mol. The minimum Gasteiger partial charge on any atom is -0.484 e. The highest BCUT2D eigenvalue weighted by molar-refractivity contribution is 5.85. The second kappa shape index (κ2) is 6.90. The van der Waals surface area contributed by atoms with E-state index in [4.69, 9.17) is 0 Å². The Balaban J connectivity index is 1.87. The maximum atomic E-state index is 12.2. The third-order valence-electron chi connectivity index (χ3n) is 3.88. The molecule has 1 aliphatic carbocycles. The van der Waals surface area contributed by atoms with E-state index in [0.29, 0.717) is 12.8 Å². The Morgan fingerprint density at radius 1 is 1.26 bits per heavy atom. The van der Waals surface area contributed by atoms with Crippen molar-refractivity contribution in [2.75, 3.05) is 6.61 Å². The number of amides is 1. The van der Waals surface area contributed by atoms with Crippen molar-refractivity contribution in [3.8, 4) is 11.8 Å². The summed E-state index contributed by atoms with van der Waals surface area (Å²) in [5.41, 5.74) is -0.209. The van der Waals surface area contributed by atoms with Crippen molar-refractivity contribution in [1.29, 1.82) is 5.26 Å². The van der Waals surface area contributed by atoms with E-state index in [1.54, 1.807) is 12.1 Å². The predicted molar refractivity (Wildman–Crippen MR) is 76.4 cm³/mol. The summed E-state index contributed by atoms with van der Waals surface area (Å²) in [5, 5.41) is 12.0. The van der Waals surface area contributed by atoms with Crippen molar-refractivity contribution in [2.24, 2.45) is 5.41 Å². The number of carbonyl (C=O) groups is 1. The highest BCUT2D eigenvalue weighted by atomic mass is 19.4. The van der Waals surface area contributed by atoms with Crippen molar-refractivity contribution in [3.63, 3.8) is 0 Å². The molecule has 0 saturated heterocycles. The number of nitriles is 1. The van der Waals surface area contributed by atoms with Gasteiger partial charge in [-0.2, -0.15) is 18.4 Å². The van der Waals surface area contributed by atoms with Crippen LogP contribution in [0, 0.1) is 16.7 Å². The molecule has 0 atom stereocenters. The average Bonchev–Trinajstić information content (AvgIpc) is 3.01. The Morgan fingerprint density at radius 2 is 1.87 bits per heavy atom. The largest absolute Gasteiger partial charge is 0.484 e. The Hall–Kier alpha value is -2.23. The monoisotopic (exact) mass is 326 g/mol. The summed E-state index contributed by atoms with van der Waals surface area (Å²) in [6.07, 6.45) is -1.50. The van der Waals surface area contributed by atoms with Gasteiger partial charge in [-0.05, 0) is 30.5 Å². The molecule has 1 aromatic carbocycles. The van der Waals surface area contributed by atoms with Gasteiger partial charge >= 0.3 is 6.18 Å². The third-order valence-corrected chi connectivity index (χ3v) is 3.88. The molecule has 0 aliphatic heterocycles. The Morgan fingerprint density at radius 3 is 2.39 bits per heavy atom. The van der Waals surface area contributed by atoms with Gasteiger partial charge in [-0.1, -0.05) is 25.0 Å². The van der Waals surface area contributed by atoms with Crippen molar-refractivity contribution >= 4 is 5.91 Å². The van der Waals surface area contributed by atoms with Gasteiger partial charge in [0.15, 0.2) is 6.61 Å². The molecule has 124 valence electrons. The second-order valence-corrected chi connectivity index (χ2v) is 5.63. The number of halogens is 3. The molecule has 23 heavy (non-hydrogen) atoms. The van der Waals surface area contributed by atoms with E-state index in [1.165, 1.54) is 12.1 Å². The Bertz CT molecular complexity index is 585. The Kier molecular flexibility index (Phi) is 5.14. The van der Waals surface area contributed by atoms with Crippen LogP contribution in [-0.4, -0.2) is 18.7 Å². The predicted octanol–water partition coefficient (Wildman–Crippen LogP) is 3.33. The molecule has 1 saturated carbocycles. The number of alkyl halides is 3.